The standard InChI is InChI=1S/C18H32/c1-3-5-7-9-11-13-15-17-18-16-14-12-10-8-6-4-2/h1,5,7H,4,6,8-18H2,2H3. The van der Waals surface area contributed by atoms with Crippen molar-refractivity contribution in [2.24, 2.45) is 0 Å². The van der Waals surface area contributed by atoms with Gasteiger partial charge in [-0.2, -0.15) is 0 Å². The highest BCUT2D eigenvalue weighted by Crippen LogP contribution is 2.12. The van der Waals surface area contributed by atoms with E-state index in [0.717, 1.165) is 6.42 Å². The zero-order valence-electron chi connectivity index (χ0n) is 12.4. The number of hydrogen-bond acceptors (Lipinski definition) is 0. The van der Waals surface area contributed by atoms with Crippen molar-refractivity contribution in [1.82, 2.24) is 0 Å². The minimum Gasteiger partial charge on any atom is -0.115 e. The quantitative estimate of drug-likeness (QED) is 0.266. The van der Waals surface area contributed by atoms with Gasteiger partial charge in [-0.05, 0) is 18.9 Å². The van der Waals surface area contributed by atoms with Crippen molar-refractivity contribution in [3.8, 4) is 12.3 Å². The van der Waals surface area contributed by atoms with Gasteiger partial charge in [0.05, 0.1) is 0 Å². The molecule has 0 aromatic heterocycles. The van der Waals surface area contributed by atoms with Gasteiger partial charge in [-0.25, -0.2) is 0 Å². The summed E-state index contributed by atoms with van der Waals surface area (Å²) < 4.78 is 0. The van der Waals surface area contributed by atoms with Gasteiger partial charge < -0.3 is 0 Å². The van der Waals surface area contributed by atoms with Crippen LogP contribution in [0, 0.1) is 12.3 Å². The van der Waals surface area contributed by atoms with Crippen molar-refractivity contribution >= 4 is 0 Å². The van der Waals surface area contributed by atoms with Gasteiger partial charge in [0, 0.05) is 0 Å². The van der Waals surface area contributed by atoms with Crippen LogP contribution in [0.5, 0.6) is 0 Å². The lowest BCUT2D eigenvalue weighted by Gasteiger charge is -2.02. The van der Waals surface area contributed by atoms with E-state index in [0.29, 0.717) is 0 Å². The van der Waals surface area contributed by atoms with Crippen molar-refractivity contribution in [1.29, 1.82) is 0 Å². The third-order valence-corrected chi connectivity index (χ3v) is 3.44. The first-order valence-electron chi connectivity index (χ1n) is 8.03. The highest BCUT2D eigenvalue weighted by molar-refractivity contribution is 5.08. The number of hydrogen-bond donors (Lipinski definition) is 0. The maximum Gasteiger partial charge on any atom is -0.0162 e. The molecule has 0 aliphatic carbocycles. The molecular formula is C18H32. The van der Waals surface area contributed by atoms with E-state index in [1.165, 1.54) is 77.0 Å². The first-order valence-corrected chi connectivity index (χ1v) is 8.03. The maximum absolute atomic E-state index is 5.14. The van der Waals surface area contributed by atoms with E-state index >= 15 is 0 Å². The summed E-state index contributed by atoms with van der Waals surface area (Å²) in [6.45, 7) is 2.28. The van der Waals surface area contributed by atoms with Crippen LogP contribution >= 0.6 is 0 Å². The van der Waals surface area contributed by atoms with Crippen molar-refractivity contribution in [2.45, 2.75) is 90.4 Å². The van der Waals surface area contributed by atoms with Crippen molar-refractivity contribution in [3.63, 3.8) is 0 Å². The summed E-state index contributed by atoms with van der Waals surface area (Å²) in [5.74, 6) is 2.53. The minimum absolute atomic E-state index is 1.15. The molecule has 0 fully saturated rings. The predicted octanol–water partition coefficient (Wildman–Crippen LogP) is 6.27. The molecular weight excluding hydrogens is 216 g/mol. The molecule has 0 saturated heterocycles. The molecule has 104 valence electrons. The Hall–Kier alpha value is -0.700. The molecule has 0 unspecified atom stereocenters. The fraction of sp³-hybridized carbons (Fsp3) is 0.778. The first kappa shape index (κ1) is 17.3. The SMILES string of the molecule is C#CC=CCCCCCCCCCCCCCC. The first-order chi connectivity index (χ1) is 8.91. The zero-order chi connectivity index (χ0) is 13.3. The average Bonchev–Trinajstić information content (AvgIpc) is 2.39. The molecule has 0 atom stereocenters. The third-order valence-electron chi connectivity index (χ3n) is 3.44. The monoisotopic (exact) mass is 248 g/mol. The van der Waals surface area contributed by atoms with E-state index in [4.69, 9.17) is 6.42 Å². The van der Waals surface area contributed by atoms with Crippen LogP contribution in [0.15, 0.2) is 12.2 Å². The molecule has 0 aromatic carbocycles. The van der Waals surface area contributed by atoms with E-state index in [1.54, 1.807) is 0 Å². The smallest absolute Gasteiger partial charge is 0.0162 e. The second-order valence-corrected chi connectivity index (χ2v) is 5.25. The largest absolute Gasteiger partial charge is 0.115 e. The summed E-state index contributed by atoms with van der Waals surface area (Å²) in [7, 11) is 0. The van der Waals surface area contributed by atoms with Crippen molar-refractivity contribution in [3.05, 3.63) is 12.2 Å². The molecule has 0 amide bonds. The average molecular weight is 248 g/mol. The lowest BCUT2D eigenvalue weighted by atomic mass is 10.0. The molecule has 0 aliphatic rings. The molecule has 0 nitrogen and oxygen atoms in total. The van der Waals surface area contributed by atoms with Gasteiger partial charge in [-0.3, -0.25) is 0 Å². The molecule has 0 heteroatoms. The normalized spacial score (nSPS) is 10.9. The van der Waals surface area contributed by atoms with Crippen LogP contribution in [0.3, 0.4) is 0 Å². The second kappa shape index (κ2) is 16.3. The fourth-order valence-corrected chi connectivity index (χ4v) is 2.25. The van der Waals surface area contributed by atoms with Crippen LogP contribution in [-0.2, 0) is 0 Å². The Kier molecular flexibility index (Phi) is 15.7. The van der Waals surface area contributed by atoms with Crippen LogP contribution in [0.4, 0.5) is 0 Å². The Morgan fingerprint density at radius 3 is 1.61 bits per heavy atom. The summed E-state index contributed by atoms with van der Waals surface area (Å²) in [6, 6.07) is 0. The number of terminal acetylenes is 1. The highest BCUT2D eigenvalue weighted by Gasteiger charge is 1.92. The van der Waals surface area contributed by atoms with E-state index in [9.17, 15) is 0 Å². The Balaban J connectivity index is 2.95. The summed E-state index contributed by atoms with van der Waals surface area (Å²) in [4.78, 5) is 0. The third kappa shape index (κ3) is 15.3. The van der Waals surface area contributed by atoms with E-state index in [2.05, 4.69) is 18.9 Å². The number of allylic oxidation sites excluding steroid dienone is 2. The lowest BCUT2D eigenvalue weighted by molar-refractivity contribution is 0.545. The Morgan fingerprint density at radius 2 is 1.17 bits per heavy atom. The number of rotatable bonds is 13. The van der Waals surface area contributed by atoms with Crippen molar-refractivity contribution < 1.29 is 0 Å². The molecule has 0 heterocycles. The van der Waals surface area contributed by atoms with Gasteiger partial charge in [0.1, 0.15) is 0 Å². The van der Waals surface area contributed by atoms with E-state index < -0.39 is 0 Å². The summed E-state index contributed by atoms with van der Waals surface area (Å²) in [6.07, 6.45) is 27.2. The van der Waals surface area contributed by atoms with E-state index in [1.807, 2.05) is 6.08 Å². The molecule has 0 aromatic rings. The zero-order valence-corrected chi connectivity index (χ0v) is 12.4. The fourth-order valence-electron chi connectivity index (χ4n) is 2.25. The Labute approximate surface area is 115 Å². The molecule has 0 spiro atoms. The highest BCUT2D eigenvalue weighted by atomic mass is 14.0. The molecule has 0 saturated carbocycles. The Bertz CT molecular complexity index is 207. The van der Waals surface area contributed by atoms with Gasteiger partial charge in [0.25, 0.3) is 0 Å². The predicted molar refractivity (Wildman–Crippen MR) is 83.7 cm³/mol. The maximum atomic E-state index is 5.14. The minimum atomic E-state index is 1.15. The summed E-state index contributed by atoms with van der Waals surface area (Å²) >= 11 is 0. The van der Waals surface area contributed by atoms with Gasteiger partial charge in [-0.15, -0.1) is 6.42 Å². The molecule has 0 bridgehead atoms. The van der Waals surface area contributed by atoms with Crippen LogP contribution in [0.2, 0.25) is 0 Å². The van der Waals surface area contributed by atoms with Gasteiger partial charge in [-0.1, -0.05) is 89.5 Å². The lowest BCUT2D eigenvalue weighted by Crippen LogP contribution is -1.82. The second-order valence-electron chi connectivity index (χ2n) is 5.25. The van der Waals surface area contributed by atoms with Gasteiger partial charge >= 0.3 is 0 Å². The van der Waals surface area contributed by atoms with Gasteiger partial charge in [0.15, 0.2) is 0 Å². The van der Waals surface area contributed by atoms with E-state index in [-0.39, 0.29) is 0 Å². The van der Waals surface area contributed by atoms with Crippen LogP contribution in [0.25, 0.3) is 0 Å². The summed E-state index contributed by atoms with van der Waals surface area (Å²) in [5, 5.41) is 0. The molecule has 0 aliphatic heterocycles. The van der Waals surface area contributed by atoms with Crippen molar-refractivity contribution in [2.75, 3.05) is 0 Å². The van der Waals surface area contributed by atoms with Crippen LogP contribution in [-0.4, -0.2) is 0 Å². The van der Waals surface area contributed by atoms with Crippen LogP contribution in [0.1, 0.15) is 90.4 Å². The van der Waals surface area contributed by atoms with Gasteiger partial charge in [0.2, 0.25) is 0 Å². The molecule has 18 heavy (non-hydrogen) atoms. The Morgan fingerprint density at radius 1 is 0.722 bits per heavy atom. The topological polar surface area (TPSA) is 0 Å². The summed E-state index contributed by atoms with van der Waals surface area (Å²) in [5.41, 5.74) is 0. The molecule has 0 N–H and O–H groups in total. The molecule has 0 rings (SSSR count). The number of unbranched alkanes of at least 4 members (excludes halogenated alkanes) is 12. The van der Waals surface area contributed by atoms with Crippen LogP contribution < -0.4 is 0 Å². The molecule has 0 radical (unpaired) electrons.